The van der Waals surface area contributed by atoms with Crippen LogP contribution in [0, 0.1) is 0 Å². The minimum atomic E-state index is 0.117. The molecule has 0 radical (unpaired) electrons. The van der Waals surface area contributed by atoms with Crippen molar-refractivity contribution >= 4 is 17.2 Å². The number of fused-ring (bicyclic) bond motifs is 1. The third-order valence-corrected chi connectivity index (χ3v) is 3.98. The summed E-state index contributed by atoms with van der Waals surface area (Å²) in [6.07, 6.45) is 5.18. The highest BCUT2D eigenvalue weighted by atomic mass is 16.5. The standard InChI is InChI=1S/C19H22N2O2/c1-12(2)23-15-6-5-14-9-18(22)17(16(14)10-15)7-13-8-19(20-11-13)21(3)4/h5-7,10-12H,8-9H2,1-4H3/b17-7-. The molecular formula is C19H22N2O2. The summed E-state index contributed by atoms with van der Waals surface area (Å²) in [7, 11) is 3.96. The zero-order valence-electron chi connectivity index (χ0n) is 14.1. The van der Waals surface area contributed by atoms with E-state index in [0.29, 0.717) is 6.42 Å². The number of amidine groups is 1. The van der Waals surface area contributed by atoms with Gasteiger partial charge in [0.1, 0.15) is 11.6 Å². The fourth-order valence-corrected chi connectivity index (χ4v) is 2.86. The van der Waals surface area contributed by atoms with Gasteiger partial charge >= 0.3 is 0 Å². The number of aliphatic imine (C=N–C) groups is 1. The number of nitrogens with zero attached hydrogens (tertiary/aromatic N) is 2. The number of rotatable bonds is 3. The summed E-state index contributed by atoms with van der Waals surface area (Å²) in [4.78, 5) is 18.8. The first-order valence-electron chi connectivity index (χ1n) is 7.92. The zero-order valence-corrected chi connectivity index (χ0v) is 14.1. The summed E-state index contributed by atoms with van der Waals surface area (Å²) in [5.41, 5.74) is 3.91. The molecule has 4 nitrogen and oxygen atoms in total. The van der Waals surface area contributed by atoms with Crippen molar-refractivity contribution in [3.8, 4) is 5.75 Å². The maximum atomic E-state index is 12.4. The second kappa shape index (κ2) is 6.03. The second-order valence-corrected chi connectivity index (χ2v) is 6.46. The molecule has 2 aliphatic rings. The van der Waals surface area contributed by atoms with Gasteiger partial charge in [-0.05, 0) is 48.8 Å². The Labute approximate surface area is 137 Å². The molecule has 0 spiro atoms. The highest BCUT2D eigenvalue weighted by molar-refractivity contribution is 6.26. The lowest BCUT2D eigenvalue weighted by Crippen LogP contribution is -2.19. The normalized spacial score (nSPS) is 18.3. The summed E-state index contributed by atoms with van der Waals surface area (Å²) >= 11 is 0. The van der Waals surface area contributed by atoms with E-state index in [1.807, 2.05) is 63.3 Å². The van der Waals surface area contributed by atoms with Gasteiger partial charge in [0.05, 0.1) is 6.10 Å². The van der Waals surface area contributed by atoms with Gasteiger partial charge in [0.25, 0.3) is 0 Å². The smallest absolute Gasteiger partial charge is 0.167 e. The fraction of sp³-hybridized carbons (Fsp3) is 0.368. The van der Waals surface area contributed by atoms with E-state index < -0.39 is 0 Å². The summed E-state index contributed by atoms with van der Waals surface area (Å²) in [6.45, 7) is 4.00. The largest absolute Gasteiger partial charge is 0.491 e. The molecule has 3 rings (SSSR count). The van der Waals surface area contributed by atoms with E-state index in [1.165, 1.54) is 0 Å². The number of hydrogen-bond acceptors (Lipinski definition) is 4. The summed E-state index contributed by atoms with van der Waals surface area (Å²) in [5, 5.41) is 0. The molecule has 1 heterocycles. The number of allylic oxidation sites excluding steroid dienone is 2. The summed E-state index contributed by atoms with van der Waals surface area (Å²) in [5.74, 6) is 1.99. The molecule has 0 aromatic heterocycles. The van der Waals surface area contributed by atoms with Crippen LogP contribution in [-0.2, 0) is 11.2 Å². The first kappa shape index (κ1) is 15.5. The van der Waals surface area contributed by atoms with Crippen LogP contribution >= 0.6 is 0 Å². The molecule has 0 fully saturated rings. The van der Waals surface area contributed by atoms with Crippen molar-refractivity contribution in [1.29, 1.82) is 0 Å². The molecule has 1 aliphatic carbocycles. The van der Waals surface area contributed by atoms with E-state index in [4.69, 9.17) is 4.74 Å². The number of ether oxygens (including phenoxy) is 1. The second-order valence-electron chi connectivity index (χ2n) is 6.46. The van der Waals surface area contributed by atoms with Gasteiger partial charge in [-0.15, -0.1) is 0 Å². The predicted molar refractivity (Wildman–Crippen MR) is 92.7 cm³/mol. The van der Waals surface area contributed by atoms with Crippen molar-refractivity contribution in [3.63, 3.8) is 0 Å². The molecule has 0 N–H and O–H groups in total. The summed E-state index contributed by atoms with van der Waals surface area (Å²) < 4.78 is 5.76. The Morgan fingerprint density at radius 1 is 1.26 bits per heavy atom. The first-order valence-corrected chi connectivity index (χ1v) is 7.92. The van der Waals surface area contributed by atoms with Gasteiger partial charge in [-0.2, -0.15) is 0 Å². The van der Waals surface area contributed by atoms with Crippen LogP contribution in [0.25, 0.3) is 5.57 Å². The molecule has 4 heteroatoms. The van der Waals surface area contributed by atoms with Gasteiger partial charge in [-0.1, -0.05) is 6.07 Å². The number of carbonyl (C=O) groups excluding carboxylic acids is 1. The van der Waals surface area contributed by atoms with Crippen LogP contribution in [0.1, 0.15) is 31.4 Å². The predicted octanol–water partition coefficient (Wildman–Crippen LogP) is 3.23. The van der Waals surface area contributed by atoms with E-state index >= 15 is 0 Å². The molecule has 0 amide bonds. The molecule has 0 saturated carbocycles. The molecule has 1 aromatic carbocycles. The summed E-state index contributed by atoms with van der Waals surface area (Å²) in [6, 6.07) is 5.92. The van der Waals surface area contributed by atoms with Crippen LogP contribution in [0.3, 0.4) is 0 Å². The maximum absolute atomic E-state index is 12.4. The Morgan fingerprint density at radius 2 is 2.04 bits per heavy atom. The fourth-order valence-electron chi connectivity index (χ4n) is 2.86. The van der Waals surface area contributed by atoms with Crippen molar-refractivity contribution in [3.05, 3.63) is 47.2 Å². The molecule has 0 atom stereocenters. The van der Waals surface area contributed by atoms with Gasteiger partial charge < -0.3 is 9.64 Å². The minimum Gasteiger partial charge on any atom is -0.491 e. The van der Waals surface area contributed by atoms with Gasteiger partial charge in [0.2, 0.25) is 0 Å². The van der Waals surface area contributed by atoms with Crippen LogP contribution in [0.5, 0.6) is 5.75 Å². The van der Waals surface area contributed by atoms with Crippen molar-refractivity contribution in [2.75, 3.05) is 14.1 Å². The average Bonchev–Trinajstić information content (AvgIpc) is 3.05. The number of Topliss-reactive ketones (excluding diaryl/α,β-unsaturated/α-hetero) is 1. The van der Waals surface area contributed by atoms with Crippen molar-refractivity contribution < 1.29 is 9.53 Å². The maximum Gasteiger partial charge on any atom is 0.167 e. The third-order valence-electron chi connectivity index (χ3n) is 3.98. The molecule has 120 valence electrons. The lowest BCUT2D eigenvalue weighted by molar-refractivity contribution is -0.112. The van der Waals surface area contributed by atoms with Gasteiger partial charge in [0, 0.05) is 38.7 Å². The number of hydrogen-bond donors (Lipinski definition) is 0. The Morgan fingerprint density at radius 3 is 2.70 bits per heavy atom. The third kappa shape index (κ3) is 3.21. The lowest BCUT2D eigenvalue weighted by Gasteiger charge is -2.12. The minimum absolute atomic E-state index is 0.117. The van der Waals surface area contributed by atoms with Crippen LogP contribution in [0.2, 0.25) is 0 Å². The molecule has 0 unspecified atom stereocenters. The van der Waals surface area contributed by atoms with E-state index in [-0.39, 0.29) is 11.9 Å². The Kier molecular flexibility index (Phi) is 4.07. The molecule has 1 aliphatic heterocycles. The van der Waals surface area contributed by atoms with Crippen molar-refractivity contribution in [1.82, 2.24) is 4.90 Å². The number of carbonyl (C=O) groups is 1. The van der Waals surface area contributed by atoms with Crippen LogP contribution in [0.15, 0.2) is 41.0 Å². The highest BCUT2D eigenvalue weighted by Crippen LogP contribution is 2.34. The van der Waals surface area contributed by atoms with Crippen molar-refractivity contribution in [2.24, 2.45) is 4.99 Å². The highest BCUT2D eigenvalue weighted by Gasteiger charge is 2.26. The zero-order chi connectivity index (χ0) is 16.6. The van der Waals surface area contributed by atoms with E-state index in [2.05, 4.69) is 4.99 Å². The lowest BCUT2D eigenvalue weighted by atomic mass is 10.0. The Hall–Kier alpha value is -2.36. The monoisotopic (exact) mass is 310 g/mol. The Balaban J connectivity index is 1.88. The van der Waals surface area contributed by atoms with Crippen LogP contribution in [-0.4, -0.2) is 36.7 Å². The van der Waals surface area contributed by atoms with Gasteiger partial charge in [-0.25, -0.2) is 4.99 Å². The SMILES string of the molecule is CC(C)Oc1ccc2c(c1)/C(=C/C1=CN=C(N(C)C)C1)C(=O)C2. The average molecular weight is 310 g/mol. The van der Waals surface area contributed by atoms with E-state index in [9.17, 15) is 4.79 Å². The molecule has 23 heavy (non-hydrogen) atoms. The number of ketones is 1. The molecule has 0 saturated heterocycles. The molecule has 0 bridgehead atoms. The van der Waals surface area contributed by atoms with Crippen LogP contribution in [0.4, 0.5) is 0 Å². The molecule has 1 aromatic rings. The molecular weight excluding hydrogens is 288 g/mol. The topological polar surface area (TPSA) is 41.9 Å². The van der Waals surface area contributed by atoms with E-state index in [1.54, 1.807) is 0 Å². The van der Waals surface area contributed by atoms with Gasteiger partial charge in [0.15, 0.2) is 5.78 Å². The van der Waals surface area contributed by atoms with Gasteiger partial charge in [-0.3, -0.25) is 4.79 Å². The quantitative estimate of drug-likeness (QED) is 0.805. The van der Waals surface area contributed by atoms with Crippen LogP contribution < -0.4 is 4.74 Å². The number of benzene rings is 1. The Bertz CT molecular complexity index is 740. The first-order chi connectivity index (χ1) is 10.9. The van der Waals surface area contributed by atoms with E-state index in [0.717, 1.165) is 40.3 Å². The van der Waals surface area contributed by atoms with Crippen molar-refractivity contribution in [2.45, 2.75) is 32.8 Å².